The van der Waals surface area contributed by atoms with Crippen molar-refractivity contribution >= 4 is 11.9 Å². The first kappa shape index (κ1) is 14.0. The van der Waals surface area contributed by atoms with E-state index < -0.39 is 5.97 Å². The summed E-state index contributed by atoms with van der Waals surface area (Å²) in [6.07, 6.45) is 8.22. The molecule has 1 aromatic heterocycles. The van der Waals surface area contributed by atoms with E-state index in [1.165, 1.54) is 31.9 Å². The number of likely N-dealkylation sites (tertiary alicyclic amines) is 1. The third-order valence-electron chi connectivity index (χ3n) is 4.56. The van der Waals surface area contributed by atoms with E-state index in [9.17, 15) is 9.59 Å². The molecule has 2 fully saturated rings. The van der Waals surface area contributed by atoms with Gasteiger partial charge in [0.1, 0.15) is 0 Å². The summed E-state index contributed by atoms with van der Waals surface area (Å²) >= 11 is 0. The van der Waals surface area contributed by atoms with Crippen LogP contribution in [0.5, 0.6) is 0 Å². The van der Waals surface area contributed by atoms with Crippen molar-refractivity contribution in [1.29, 1.82) is 0 Å². The summed E-state index contributed by atoms with van der Waals surface area (Å²) in [6, 6.07) is 0.0565. The fourth-order valence-electron chi connectivity index (χ4n) is 3.16. The van der Waals surface area contributed by atoms with Crippen LogP contribution < -0.4 is 0 Å². The van der Waals surface area contributed by atoms with E-state index in [0.29, 0.717) is 19.5 Å². The number of carboxylic acid groups (broad SMARTS) is 1. The second kappa shape index (κ2) is 5.83. The molecular formula is C14H20N4O3. The maximum atomic E-state index is 12.1. The number of hydrogen-bond acceptors (Lipinski definition) is 4. The Hall–Kier alpha value is -1.92. The average Bonchev–Trinajstić information content (AvgIpc) is 3.06. The minimum Gasteiger partial charge on any atom is -0.476 e. The van der Waals surface area contributed by atoms with E-state index >= 15 is 0 Å². The lowest BCUT2D eigenvalue weighted by molar-refractivity contribution is -0.137. The number of hydrogen-bond donors (Lipinski definition) is 1. The minimum absolute atomic E-state index is 0.0546. The molecule has 1 aromatic rings. The van der Waals surface area contributed by atoms with Gasteiger partial charge in [-0.1, -0.05) is 30.9 Å². The van der Waals surface area contributed by atoms with Crippen molar-refractivity contribution in [3.8, 4) is 0 Å². The molecule has 0 spiro atoms. The molecule has 1 saturated carbocycles. The Morgan fingerprint density at radius 2 is 2.00 bits per heavy atom. The van der Waals surface area contributed by atoms with Gasteiger partial charge >= 0.3 is 5.97 Å². The molecule has 1 saturated heterocycles. The Bertz CT molecular complexity index is 530. The molecule has 114 valence electrons. The van der Waals surface area contributed by atoms with Crippen molar-refractivity contribution in [2.45, 2.75) is 44.6 Å². The third-order valence-corrected chi connectivity index (χ3v) is 4.56. The van der Waals surface area contributed by atoms with Crippen molar-refractivity contribution in [2.24, 2.45) is 5.92 Å². The number of amides is 1. The van der Waals surface area contributed by atoms with Crippen molar-refractivity contribution in [1.82, 2.24) is 19.9 Å². The summed E-state index contributed by atoms with van der Waals surface area (Å²) in [5.41, 5.74) is -0.0546. The lowest BCUT2D eigenvalue weighted by Gasteiger charge is -2.39. The highest BCUT2D eigenvalue weighted by atomic mass is 16.4. The fraction of sp³-hybridized carbons (Fsp3) is 0.714. The van der Waals surface area contributed by atoms with Crippen LogP contribution >= 0.6 is 0 Å². The van der Waals surface area contributed by atoms with Crippen LogP contribution in [-0.4, -0.2) is 50.0 Å². The standard InChI is InChI=1S/C14H20N4O3/c19-13(6-5-10-3-1-2-4-10)17-7-11(8-17)18-9-12(14(20)21)15-16-18/h9-11H,1-8H2,(H,20,21). The van der Waals surface area contributed by atoms with Crippen LogP contribution in [0.4, 0.5) is 0 Å². The Morgan fingerprint density at radius 1 is 1.29 bits per heavy atom. The molecular weight excluding hydrogens is 272 g/mol. The van der Waals surface area contributed by atoms with Crippen molar-refractivity contribution in [3.05, 3.63) is 11.9 Å². The highest BCUT2D eigenvalue weighted by Crippen LogP contribution is 2.29. The Balaban J connectivity index is 1.43. The molecule has 0 bridgehead atoms. The first-order valence-electron chi connectivity index (χ1n) is 7.56. The van der Waals surface area contributed by atoms with E-state index in [2.05, 4.69) is 10.3 Å². The topological polar surface area (TPSA) is 88.3 Å². The predicted octanol–water partition coefficient (Wildman–Crippen LogP) is 1.33. The molecule has 2 aliphatic rings. The molecule has 1 aliphatic heterocycles. The van der Waals surface area contributed by atoms with Gasteiger partial charge in [0.2, 0.25) is 5.91 Å². The zero-order valence-corrected chi connectivity index (χ0v) is 11.9. The number of carbonyl (C=O) groups excluding carboxylic acids is 1. The number of nitrogens with zero attached hydrogens (tertiary/aromatic N) is 4. The first-order valence-corrected chi connectivity index (χ1v) is 7.56. The number of rotatable bonds is 5. The SMILES string of the molecule is O=C(O)c1cn(C2CN(C(=O)CCC3CCCC3)C2)nn1. The van der Waals surface area contributed by atoms with Crippen LogP contribution in [0, 0.1) is 5.92 Å². The molecule has 7 heteroatoms. The summed E-state index contributed by atoms with van der Waals surface area (Å²) in [7, 11) is 0. The maximum Gasteiger partial charge on any atom is 0.358 e. The van der Waals surface area contributed by atoms with Gasteiger partial charge in [0.15, 0.2) is 5.69 Å². The van der Waals surface area contributed by atoms with Gasteiger partial charge in [-0.3, -0.25) is 4.79 Å². The largest absolute Gasteiger partial charge is 0.476 e. The summed E-state index contributed by atoms with van der Waals surface area (Å²) in [5, 5.41) is 16.2. The maximum absolute atomic E-state index is 12.1. The number of carbonyl (C=O) groups is 2. The van der Waals surface area contributed by atoms with E-state index in [-0.39, 0.29) is 17.6 Å². The van der Waals surface area contributed by atoms with Crippen molar-refractivity contribution < 1.29 is 14.7 Å². The predicted molar refractivity (Wildman–Crippen MR) is 73.8 cm³/mol. The zero-order chi connectivity index (χ0) is 14.8. The van der Waals surface area contributed by atoms with Crippen LogP contribution in [0.2, 0.25) is 0 Å². The molecule has 7 nitrogen and oxygen atoms in total. The van der Waals surface area contributed by atoms with E-state index in [0.717, 1.165) is 12.3 Å². The first-order chi connectivity index (χ1) is 10.1. The molecule has 21 heavy (non-hydrogen) atoms. The summed E-state index contributed by atoms with van der Waals surface area (Å²) in [6.45, 7) is 1.21. The van der Waals surface area contributed by atoms with Gasteiger partial charge in [0.25, 0.3) is 0 Å². The average molecular weight is 292 g/mol. The van der Waals surface area contributed by atoms with Gasteiger partial charge in [-0.25, -0.2) is 9.48 Å². The minimum atomic E-state index is -1.08. The summed E-state index contributed by atoms with van der Waals surface area (Å²) in [5.74, 6) is -0.138. The van der Waals surface area contributed by atoms with Crippen molar-refractivity contribution in [2.75, 3.05) is 13.1 Å². The molecule has 0 aromatic carbocycles. The molecule has 1 aliphatic carbocycles. The second-order valence-corrected chi connectivity index (χ2v) is 6.03. The Labute approximate surface area is 122 Å². The monoisotopic (exact) mass is 292 g/mol. The summed E-state index contributed by atoms with van der Waals surface area (Å²) in [4.78, 5) is 24.6. The number of carboxylic acids is 1. The zero-order valence-electron chi connectivity index (χ0n) is 11.9. The van der Waals surface area contributed by atoms with Gasteiger partial charge in [-0.2, -0.15) is 0 Å². The Morgan fingerprint density at radius 3 is 2.62 bits per heavy atom. The fourth-order valence-corrected chi connectivity index (χ4v) is 3.16. The van der Waals surface area contributed by atoms with Gasteiger partial charge in [0.05, 0.1) is 12.2 Å². The molecule has 0 radical (unpaired) electrons. The number of aromatic nitrogens is 3. The van der Waals surface area contributed by atoms with Gasteiger partial charge < -0.3 is 10.0 Å². The second-order valence-electron chi connectivity index (χ2n) is 6.03. The molecule has 1 N–H and O–H groups in total. The van der Waals surface area contributed by atoms with E-state index in [1.807, 2.05) is 4.90 Å². The molecule has 0 unspecified atom stereocenters. The highest BCUT2D eigenvalue weighted by molar-refractivity contribution is 5.84. The lowest BCUT2D eigenvalue weighted by Crippen LogP contribution is -2.50. The Kier molecular flexibility index (Phi) is 3.90. The van der Waals surface area contributed by atoms with Crippen LogP contribution in [0.25, 0.3) is 0 Å². The smallest absolute Gasteiger partial charge is 0.358 e. The lowest BCUT2D eigenvalue weighted by atomic mass is 10.00. The summed E-state index contributed by atoms with van der Waals surface area (Å²) < 4.78 is 1.55. The van der Waals surface area contributed by atoms with Crippen LogP contribution in [0.3, 0.4) is 0 Å². The molecule has 2 heterocycles. The number of aromatic carboxylic acids is 1. The quantitative estimate of drug-likeness (QED) is 0.884. The highest BCUT2D eigenvalue weighted by Gasteiger charge is 2.33. The molecule has 1 amide bonds. The van der Waals surface area contributed by atoms with E-state index in [1.54, 1.807) is 4.68 Å². The van der Waals surface area contributed by atoms with Crippen LogP contribution in [-0.2, 0) is 4.79 Å². The van der Waals surface area contributed by atoms with Gasteiger partial charge in [-0.05, 0) is 12.3 Å². The van der Waals surface area contributed by atoms with Crippen molar-refractivity contribution in [3.63, 3.8) is 0 Å². The van der Waals surface area contributed by atoms with Crippen LogP contribution in [0.15, 0.2) is 6.20 Å². The van der Waals surface area contributed by atoms with Gasteiger partial charge in [0, 0.05) is 19.5 Å². The molecule has 3 rings (SSSR count). The van der Waals surface area contributed by atoms with E-state index in [4.69, 9.17) is 5.11 Å². The van der Waals surface area contributed by atoms with Gasteiger partial charge in [-0.15, -0.1) is 5.10 Å². The molecule has 0 atom stereocenters. The van der Waals surface area contributed by atoms with Crippen LogP contribution in [0.1, 0.15) is 55.1 Å². The third kappa shape index (κ3) is 3.06. The normalized spacial score (nSPS) is 19.7.